The summed E-state index contributed by atoms with van der Waals surface area (Å²) in [7, 11) is 0. The molecule has 0 aliphatic rings. The lowest BCUT2D eigenvalue weighted by molar-refractivity contribution is 0.509. The zero-order chi connectivity index (χ0) is 22.6. The highest BCUT2D eigenvalue weighted by molar-refractivity contribution is 8.03. The van der Waals surface area contributed by atoms with E-state index in [1.807, 2.05) is 74.5 Å². The summed E-state index contributed by atoms with van der Waals surface area (Å²) >= 11 is 4.58. The number of hydrogen-bond donors (Lipinski definition) is 0. The van der Waals surface area contributed by atoms with Gasteiger partial charge in [0.1, 0.15) is 0 Å². The van der Waals surface area contributed by atoms with Gasteiger partial charge in [0.15, 0.2) is 8.68 Å². The number of benzene rings is 2. The predicted octanol–water partition coefficient (Wildman–Crippen LogP) is 6.34. The van der Waals surface area contributed by atoms with Gasteiger partial charge in [-0.1, -0.05) is 71.3 Å². The first-order chi connectivity index (χ1) is 16.2. The summed E-state index contributed by atoms with van der Waals surface area (Å²) in [6.07, 6.45) is 0. The topological polar surface area (TPSA) is 104 Å². The average Bonchev–Trinajstić information content (AvgIpc) is 3.61. The van der Waals surface area contributed by atoms with Crippen molar-refractivity contribution in [3.8, 4) is 22.9 Å². The van der Waals surface area contributed by atoms with Crippen molar-refractivity contribution in [3.63, 3.8) is 0 Å². The van der Waals surface area contributed by atoms with Crippen LogP contribution in [0, 0.1) is 0 Å². The van der Waals surface area contributed by atoms with Crippen LogP contribution in [0.5, 0.6) is 0 Å². The smallest absolute Gasteiger partial charge is 0.247 e. The fraction of sp³-hybridized carbons (Fsp3) is 0.182. The lowest BCUT2D eigenvalue weighted by Crippen LogP contribution is -1.88. The molecule has 0 unspecified atom stereocenters. The molecule has 0 bridgehead atoms. The minimum absolute atomic E-state index is 0.0532. The number of hydrogen-bond acceptors (Lipinski definition) is 11. The first-order valence-corrected chi connectivity index (χ1v) is 12.7. The standard InChI is InChI=1S/C22H18N6O2S3/c1-13(17-23-25-19(29-17)15-9-5-3-6-10-15)31-21-27-28-22(33-21)32-14(2)18-24-26-20(30-18)16-11-7-4-8-12-16/h3-14H,1-2H3/t13-,14-/m1/s1. The molecule has 0 saturated heterocycles. The predicted molar refractivity (Wildman–Crippen MR) is 128 cm³/mol. The Morgan fingerprint density at radius 3 is 1.45 bits per heavy atom. The molecular formula is C22H18N6O2S3. The third-order valence-corrected chi connectivity index (χ3v) is 7.83. The Balaban J connectivity index is 1.21. The van der Waals surface area contributed by atoms with Crippen LogP contribution in [0.4, 0.5) is 0 Å². The number of rotatable bonds is 8. The Labute approximate surface area is 202 Å². The van der Waals surface area contributed by atoms with Gasteiger partial charge in [0.25, 0.3) is 0 Å². The Hall–Kier alpha value is -3.02. The van der Waals surface area contributed by atoms with Crippen molar-refractivity contribution in [2.75, 3.05) is 0 Å². The minimum Gasteiger partial charge on any atom is -0.419 e. The monoisotopic (exact) mass is 494 g/mol. The van der Waals surface area contributed by atoms with Crippen molar-refractivity contribution >= 4 is 34.9 Å². The van der Waals surface area contributed by atoms with Crippen molar-refractivity contribution in [1.29, 1.82) is 0 Å². The van der Waals surface area contributed by atoms with Crippen molar-refractivity contribution in [2.45, 2.75) is 33.0 Å². The first kappa shape index (κ1) is 21.8. The van der Waals surface area contributed by atoms with Crippen LogP contribution in [0.1, 0.15) is 36.1 Å². The van der Waals surface area contributed by atoms with Crippen LogP contribution in [0.15, 0.2) is 78.2 Å². The van der Waals surface area contributed by atoms with Gasteiger partial charge in [-0.2, -0.15) is 0 Å². The molecule has 5 rings (SSSR count). The first-order valence-electron chi connectivity index (χ1n) is 10.1. The maximum absolute atomic E-state index is 5.85. The van der Waals surface area contributed by atoms with Crippen LogP contribution in [0.3, 0.4) is 0 Å². The van der Waals surface area contributed by atoms with Gasteiger partial charge in [0, 0.05) is 11.1 Å². The van der Waals surface area contributed by atoms with Crippen LogP contribution >= 0.6 is 34.9 Å². The van der Waals surface area contributed by atoms with Gasteiger partial charge in [-0.15, -0.1) is 30.6 Å². The third kappa shape index (κ3) is 5.15. The molecule has 0 fully saturated rings. The second-order valence-electron chi connectivity index (χ2n) is 6.98. The molecule has 0 aliphatic carbocycles. The molecule has 0 aliphatic heterocycles. The van der Waals surface area contributed by atoms with Gasteiger partial charge in [-0.25, -0.2) is 0 Å². The third-order valence-electron chi connectivity index (χ3n) is 4.56. The summed E-state index contributed by atoms with van der Waals surface area (Å²) in [6.45, 7) is 4.01. The molecular weight excluding hydrogens is 476 g/mol. The van der Waals surface area contributed by atoms with E-state index in [0.717, 1.165) is 19.8 Å². The van der Waals surface area contributed by atoms with Gasteiger partial charge in [0.05, 0.1) is 10.5 Å². The highest BCUT2D eigenvalue weighted by Gasteiger charge is 2.21. The van der Waals surface area contributed by atoms with E-state index in [-0.39, 0.29) is 10.5 Å². The van der Waals surface area contributed by atoms with E-state index in [2.05, 4.69) is 30.6 Å². The van der Waals surface area contributed by atoms with E-state index in [1.54, 1.807) is 0 Å². The average molecular weight is 495 g/mol. The lowest BCUT2D eigenvalue weighted by Gasteiger charge is -2.03. The molecule has 33 heavy (non-hydrogen) atoms. The van der Waals surface area contributed by atoms with Crippen LogP contribution in [0.2, 0.25) is 0 Å². The molecule has 5 aromatic rings. The SMILES string of the molecule is C[C@@H](Sc1nnc(S[C@H](C)c2nnc(-c3ccccc3)o2)s1)c1nnc(-c2ccccc2)o1. The maximum atomic E-state index is 5.85. The van der Waals surface area contributed by atoms with Crippen molar-refractivity contribution in [1.82, 2.24) is 30.6 Å². The summed E-state index contributed by atoms with van der Waals surface area (Å²) in [4.78, 5) is 0. The summed E-state index contributed by atoms with van der Waals surface area (Å²) in [5.41, 5.74) is 1.79. The Kier molecular flexibility index (Phi) is 6.51. The summed E-state index contributed by atoms with van der Waals surface area (Å²) in [5.74, 6) is 2.12. The molecule has 2 aromatic carbocycles. The molecule has 0 amide bonds. The minimum atomic E-state index is -0.0532. The van der Waals surface area contributed by atoms with E-state index in [0.29, 0.717) is 23.6 Å². The van der Waals surface area contributed by atoms with Gasteiger partial charge in [-0.05, 0) is 38.1 Å². The van der Waals surface area contributed by atoms with E-state index >= 15 is 0 Å². The zero-order valence-corrected chi connectivity index (χ0v) is 20.1. The molecule has 0 saturated carbocycles. The quantitative estimate of drug-likeness (QED) is 0.227. The van der Waals surface area contributed by atoms with Gasteiger partial charge >= 0.3 is 0 Å². The molecule has 166 valence electrons. The van der Waals surface area contributed by atoms with Gasteiger partial charge in [-0.3, -0.25) is 0 Å². The highest BCUT2D eigenvalue weighted by atomic mass is 32.2. The van der Waals surface area contributed by atoms with E-state index in [9.17, 15) is 0 Å². The van der Waals surface area contributed by atoms with Gasteiger partial charge in [0.2, 0.25) is 23.6 Å². The van der Waals surface area contributed by atoms with Crippen LogP contribution < -0.4 is 0 Å². The Morgan fingerprint density at radius 2 is 1.03 bits per heavy atom. The van der Waals surface area contributed by atoms with E-state index in [4.69, 9.17) is 8.83 Å². The summed E-state index contributed by atoms with van der Waals surface area (Å²) in [5, 5.41) is 25.2. The highest BCUT2D eigenvalue weighted by Crippen LogP contribution is 2.41. The van der Waals surface area contributed by atoms with Crippen LogP contribution in [-0.4, -0.2) is 30.6 Å². The molecule has 11 heteroatoms. The fourth-order valence-corrected chi connectivity index (χ4v) is 6.26. The van der Waals surface area contributed by atoms with E-state index < -0.39 is 0 Å². The second-order valence-corrected chi connectivity index (χ2v) is 11.1. The van der Waals surface area contributed by atoms with Crippen molar-refractivity contribution < 1.29 is 8.83 Å². The van der Waals surface area contributed by atoms with E-state index in [1.165, 1.54) is 34.9 Å². The fourth-order valence-electron chi connectivity index (χ4n) is 2.89. The largest absolute Gasteiger partial charge is 0.419 e. The molecule has 2 atom stereocenters. The summed E-state index contributed by atoms with van der Waals surface area (Å²) in [6, 6.07) is 19.4. The number of thioether (sulfide) groups is 2. The molecule has 3 aromatic heterocycles. The van der Waals surface area contributed by atoms with Gasteiger partial charge < -0.3 is 8.83 Å². The Morgan fingerprint density at radius 1 is 0.606 bits per heavy atom. The normalized spacial score (nSPS) is 13.2. The Bertz CT molecular complexity index is 1220. The molecule has 0 radical (unpaired) electrons. The molecule has 8 nitrogen and oxygen atoms in total. The van der Waals surface area contributed by atoms with Crippen molar-refractivity contribution in [3.05, 3.63) is 72.4 Å². The van der Waals surface area contributed by atoms with Crippen LogP contribution in [0.25, 0.3) is 22.9 Å². The lowest BCUT2D eigenvalue weighted by atomic mass is 10.2. The molecule has 0 N–H and O–H groups in total. The van der Waals surface area contributed by atoms with Crippen molar-refractivity contribution in [2.24, 2.45) is 0 Å². The number of nitrogens with zero attached hydrogens (tertiary/aromatic N) is 6. The maximum Gasteiger partial charge on any atom is 0.247 e. The molecule has 0 spiro atoms. The second kappa shape index (κ2) is 9.86. The van der Waals surface area contributed by atoms with Crippen LogP contribution in [-0.2, 0) is 0 Å². The zero-order valence-electron chi connectivity index (χ0n) is 17.7. The number of aromatic nitrogens is 6. The molecule has 3 heterocycles. The summed E-state index contributed by atoms with van der Waals surface area (Å²) < 4.78 is 13.4.